The summed E-state index contributed by atoms with van der Waals surface area (Å²) in [5.41, 5.74) is 5.21. The van der Waals surface area contributed by atoms with Crippen LogP contribution in [0.4, 0.5) is 5.69 Å². The maximum Gasteiger partial charge on any atom is 0.299 e. The zero-order chi connectivity index (χ0) is 27.7. The standard InChI is InChI=1S/C20H17ClN4O3S.C6H3N3O/c1-12-18(14-4-2-3-13(9-14)11-29(22,27)28)19-17(10-23-12)20(26)25(24-19)16-7-5-15(21)6-8-16;10-6-4-3-7-2-1-5(4)8-9-6/h2-10,23H,11H2,1H3,(H2,22,27,28);1-3H. The first-order valence-corrected chi connectivity index (χ1v) is 13.6. The smallest absolute Gasteiger partial charge is 0.299 e. The number of primary sulfonamides is 1. The minimum Gasteiger partial charge on any atom is -0.364 e. The molecule has 1 amide bonds. The lowest BCUT2D eigenvalue weighted by atomic mass is 9.97. The van der Waals surface area contributed by atoms with Gasteiger partial charge >= 0.3 is 0 Å². The van der Waals surface area contributed by atoms with E-state index < -0.39 is 10.0 Å². The van der Waals surface area contributed by atoms with Gasteiger partial charge in [-0.15, -0.1) is 10.2 Å². The summed E-state index contributed by atoms with van der Waals surface area (Å²) in [4.78, 5) is 30.6. The van der Waals surface area contributed by atoms with Gasteiger partial charge in [0.1, 0.15) is 11.4 Å². The van der Waals surface area contributed by atoms with Crippen molar-refractivity contribution in [1.82, 2.24) is 19.7 Å². The zero-order valence-corrected chi connectivity index (χ0v) is 21.9. The Labute approximate surface area is 227 Å². The van der Waals surface area contributed by atoms with Gasteiger partial charge in [-0.3, -0.25) is 14.6 Å². The predicted octanol–water partition coefficient (Wildman–Crippen LogP) is 4.40. The molecule has 39 heavy (non-hydrogen) atoms. The van der Waals surface area contributed by atoms with E-state index in [0.717, 1.165) is 16.8 Å². The highest BCUT2D eigenvalue weighted by Crippen LogP contribution is 2.33. The lowest BCUT2D eigenvalue weighted by Crippen LogP contribution is -2.14. The molecule has 0 aliphatic carbocycles. The Kier molecular flexibility index (Phi) is 6.91. The molecule has 0 saturated carbocycles. The SMILES string of the molecule is Cc1[nH]cc2c(=O)n(-c3ccc(Cl)cc3)nc-2c1-c1cccc(CS(N)(=O)=O)c1.O=C1N=Nc2ccncc21. The van der Waals surface area contributed by atoms with Crippen molar-refractivity contribution < 1.29 is 13.2 Å². The molecule has 196 valence electrons. The van der Waals surface area contributed by atoms with Crippen LogP contribution in [0, 0.1) is 6.92 Å². The van der Waals surface area contributed by atoms with Gasteiger partial charge in [0.15, 0.2) is 0 Å². The number of hydrogen-bond donors (Lipinski definition) is 2. The predicted molar refractivity (Wildman–Crippen MR) is 146 cm³/mol. The fourth-order valence-electron chi connectivity index (χ4n) is 4.11. The Morgan fingerprint density at radius 3 is 2.51 bits per heavy atom. The normalized spacial score (nSPS) is 12.3. The third-order valence-corrected chi connectivity index (χ3v) is 6.84. The molecule has 11 nitrogen and oxygen atoms in total. The number of amides is 1. The number of carbonyl (C=O) groups is 1. The summed E-state index contributed by atoms with van der Waals surface area (Å²) in [5.74, 6) is -0.575. The first-order chi connectivity index (χ1) is 18.6. The van der Waals surface area contributed by atoms with Crippen LogP contribution in [0.3, 0.4) is 0 Å². The number of aryl methyl sites for hydroxylation is 1. The largest absolute Gasteiger partial charge is 0.364 e. The molecular formula is C26H20ClN7O4S. The van der Waals surface area contributed by atoms with Crippen molar-refractivity contribution in [3.63, 3.8) is 0 Å². The van der Waals surface area contributed by atoms with E-state index in [1.54, 1.807) is 60.9 Å². The maximum absolute atomic E-state index is 12.9. The number of azo groups is 1. The highest BCUT2D eigenvalue weighted by Gasteiger charge is 2.22. The molecule has 0 fully saturated rings. The van der Waals surface area contributed by atoms with E-state index in [4.69, 9.17) is 16.7 Å². The average molecular weight is 562 g/mol. The number of hydrogen-bond acceptors (Lipinski definition) is 7. The topological polar surface area (TPSA) is 166 Å². The van der Waals surface area contributed by atoms with E-state index in [1.807, 2.05) is 13.0 Å². The molecule has 6 rings (SSSR count). The number of nitrogens with one attached hydrogen (secondary N) is 1. The maximum atomic E-state index is 12.9. The molecule has 3 aromatic rings. The molecule has 4 heterocycles. The van der Waals surface area contributed by atoms with Crippen molar-refractivity contribution >= 4 is 33.2 Å². The van der Waals surface area contributed by atoms with E-state index >= 15 is 0 Å². The van der Waals surface area contributed by atoms with Gasteiger partial charge in [-0.25, -0.2) is 13.6 Å². The number of H-pyrrole nitrogens is 1. The number of nitrogens with zero attached hydrogens (tertiary/aromatic N) is 5. The van der Waals surface area contributed by atoms with E-state index in [1.165, 1.54) is 10.9 Å². The highest BCUT2D eigenvalue weighted by molar-refractivity contribution is 7.88. The number of halogens is 1. The van der Waals surface area contributed by atoms with Crippen LogP contribution in [0.15, 0.2) is 88.2 Å². The highest BCUT2D eigenvalue weighted by atomic mass is 35.5. The number of fused-ring (bicyclic) bond motifs is 2. The van der Waals surface area contributed by atoms with Crippen molar-refractivity contribution in [3.8, 4) is 28.1 Å². The number of rotatable bonds is 4. The lowest BCUT2D eigenvalue weighted by molar-refractivity contribution is 0.100. The van der Waals surface area contributed by atoms with Crippen LogP contribution >= 0.6 is 11.6 Å². The molecule has 3 aliphatic rings. The number of aromatic nitrogens is 4. The number of pyridine rings is 2. The van der Waals surface area contributed by atoms with Crippen molar-refractivity contribution in [3.05, 3.63) is 105 Å². The molecule has 13 heteroatoms. The molecule has 2 aromatic carbocycles. The first kappa shape index (κ1) is 26.1. The molecule has 0 unspecified atom stereocenters. The lowest BCUT2D eigenvalue weighted by Gasteiger charge is -2.11. The molecule has 0 spiro atoms. The Morgan fingerprint density at radius 2 is 1.79 bits per heavy atom. The molecule has 0 radical (unpaired) electrons. The quantitative estimate of drug-likeness (QED) is 0.330. The van der Waals surface area contributed by atoms with Gasteiger partial charge in [-0.05, 0) is 54.4 Å². The van der Waals surface area contributed by atoms with Crippen LogP contribution in [0.5, 0.6) is 0 Å². The fraction of sp³-hybridized carbons (Fsp3) is 0.0769. The minimum absolute atomic E-state index is 0.263. The molecule has 3 aliphatic heterocycles. The summed E-state index contributed by atoms with van der Waals surface area (Å²) in [7, 11) is -3.66. The minimum atomic E-state index is -3.66. The number of carbonyl (C=O) groups excluding carboxylic acids is 1. The van der Waals surface area contributed by atoms with Crippen LogP contribution in [0.25, 0.3) is 28.1 Å². The van der Waals surface area contributed by atoms with Crippen LogP contribution in [-0.4, -0.2) is 34.1 Å². The van der Waals surface area contributed by atoms with E-state index in [-0.39, 0.29) is 17.2 Å². The van der Waals surface area contributed by atoms with Gasteiger partial charge in [0.25, 0.3) is 11.5 Å². The second-order valence-corrected chi connectivity index (χ2v) is 10.7. The second kappa shape index (κ2) is 10.3. The Bertz CT molecular complexity index is 1880. The number of sulfonamides is 1. The molecule has 0 saturated heterocycles. The summed E-state index contributed by atoms with van der Waals surface area (Å²) in [6.45, 7) is 1.87. The van der Waals surface area contributed by atoms with Gasteiger partial charge in [0.2, 0.25) is 10.0 Å². The van der Waals surface area contributed by atoms with Gasteiger partial charge in [0.05, 0.1) is 22.6 Å². The van der Waals surface area contributed by atoms with Gasteiger partial charge in [-0.1, -0.05) is 29.8 Å². The third-order valence-electron chi connectivity index (χ3n) is 5.85. The van der Waals surface area contributed by atoms with Crippen molar-refractivity contribution in [2.45, 2.75) is 12.7 Å². The van der Waals surface area contributed by atoms with Gasteiger partial charge < -0.3 is 4.98 Å². The van der Waals surface area contributed by atoms with Crippen LogP contribution in [0.2, 0.25) is 5.02 Å². The number of nitrogens with two attached hydrogens (primary N) is 1. The second-order valence-electron chi connectivity index (χ2n) is 8.65. The van der Waals surface area contributed by atoms with E-state index in [2.05, 4.69) is 25.3 Å². The summed E-state index contributed by atoms with van der Waals surface area (Å²) in [6.07, 6.45) is 4.68. The third kappa shape index (κ3) is 5.53. The van der Waals surface area contributed by atoms with E-state index in [9.17, 15) is 18.0 Å². The first-order valence-electron chi connectivity index (χ1n) is 11.5. The van der Waals surface area contributed by atoms with Crippen LogP contribution in [0.1, 0.15) is 21.6 Å². The molecular weight excluding hydrogens is 542 g/mol. The fourth-order valence-corrected chi connectivity index (χ4v) is 4.88. The number of benzene rings is 2. The summed E-state index contributed by atoms with van der Waals surface area (Å²) >= 11 is 5.94. The Morgan fingerprint density at radius 1 is 1.03 bits per heavy atom. The van der Waals surface area contributed by atoms with Crippen LogP contribution in [-0.2, 0) is 15.8 Å². The van der Waals surface area contributed by atoms with E-state index in [0.29, 0.717) is 38.8 Å². The van der Waals surface area contributed by atoms with Gasteiger partial charge in [0, 0.05) is 34.9 Å². The monoisotopic (exact) mass is 561 g/mol. The van der Waals surface area contributed by atoms with Crippen molar-refractivity contribution in [1.29, 1.82) is 0 Å². The van der Waals surface area contributed by atoms with Crippen molar-refractivity contribution in [2.24, 2.45) is 15.4 Å². The molecule has 1 aromatic heterocycles. The molecule has 0 atom stereocenters. The molecule has 3 N–H and O–H groups in total. The Balaban J connectivity index is 0.000000257. The summed E-state index contributed by atoms with van der Waals surface area (Å²) in [5, 5.41) is 17.3. The zero-order valence-electron chi connectivity index (χ0n) is 20.4. The molecule has 0 bridgehead atoms. The Hall–Kier alpha value is -4.52. The number of aromatic amines is 1. The average Bonchev–Trinajstić information content (AvgIpc) is 3.44. The summed E-state index contributed by atoms with van der Waals surface area (Å²) < 4.78 is 24.2. The van der Waals surface area contributed by atoms with Gasteiger partial charge in [-0.2, -0.15) is 9.78 Å². The summed E-state index contributed by atoms with van der Waals surface area (Å²) in [6, 6.07) is 15.5. The van der Waals surface area contributed by atoms with Crippen LogP contribution < -0.4 is 10.7 Å². The van der Waals surface area contributed by atoms with Crippen molar-refractivity contribution in [2.75, 3.05) is 0 Å².